The standard InChI is InChI=1S/C23H20Cl3N3O5/c24-14-10-27-11-15(25)17(14)21(31)28-13-3-1-12(2-4-13)9-16(22(32)33)29-19-18(26)20(30)23(19)5-7-34-8-6-23/h1-4,10-11,16,29H,5-9H2,(H,28,31)(H,32,33). The Labute approximate surface area is 210 Å². The normalized spacial score (nSPS) is 17.8. The first kappa shape index (κ1) is 24.5. The van der Waals surface area contributed by atoms with E-state index in [1.54, 1.807) is 24.3 Å². The third-order valence-corrected chi connectivity index (χ3v) is 6.96. The van der Waals surface area contributed by atoms with E-state index >= 15 is 0 Å². The van der Waals surface area contributed by atoms with Gasteiger partial charge in [0.2, 0.25) is 0 Å². The maximum absolute atomic E-state index is 12.5. The number of nitrogens with one attached hydrogen (secondary N) is 2. The van der Waals surface area contributed by atoms with Crippen molar-refractivity contribution in [3.8, 4) is 0 Å². The second-order valence-corrected chi connectivity index (χ2v) is 9.27. The number of ketones is 1. The fourth-order valence-electron chi connectivity index (χ4n) is 4.14. The van der Waals surface area contributed by atoms with Crippen molar-refractivity contribution < 1.29 is 24.2 Å². The molecule has 1 aromatic carbocycles. The topological polar surface area (TPSA) is 118 Å². The van der Waals surface area contributed by atoms with E-state index in [1.807, 2.05) is 0 Å². The van der Waals surface area contributed by atoms with Crippen LogP contribution in [-0.4, -0.2) is 47.0 Å². The van der Waals surface area contributed by atoms with Gasteiger partial charge in [-0.3, -0.25) is 14.6 Å². The molecule has 0 radical (unpaired) electrons. The number of aromatic nitrogens is 1. The monoisotopic (exact) mass is 523 g/mol. The van der Waals surface area contributed by atoms with Gasteiger partial charge in [0.15, 0.2) is 5.78 Å². The minimum Gasteiger partial charge on any atom is -0.480 e. The molecule has 1 aromatic heterocycles. The highest BCUT2D eigenvalue weighted by Crippen LogP contribution is 2.50. The van der Waals surface area contributed by atoms with Crippen molar-refractivity contribution in [2.24, 2.45) is 5.41 Å². The molecule has 4 rings (SSSR count). The van der Waals surface area contributed by atoms with Gasteiger partial charge < -0.3 is 20.5 Å². The van der Waals surface area contributed by atoms with Gasteiger partial charge >= 0.3 is 5.97 Å². The Morgan fingerprint density at radius 2 is 1.71 bits per heavy atom. The maximum atomic E-state index is 12.5. The second-order valence-electron chi connectivity index (χ2n) is 8.08. The Balaban J connectivity index is 1.45. The number of halogens is 3. The number of carboxylic acids is 1. The summed E-state index contributed by atoms with van der Waals surface area (Å²) in [6.07, 6.45) is 3.73. The first-order valence-corrected chi connectivity index (χ1v) is 11.6. The average molecular weight is 525 g/mol. The van der Waals surface area contributed by atoms with Gasteiger partial charge in [-0.25, -0.2) is 4.79 Å². The van der Waals surface area contributed by atoms with E-state index in [-0.39, 0.29) is 32.8 Å². The highest BCUT2D eigenvalue weighted by atomic mass is 35.5. The van der Waals surface area contributed by atoms with E-state index < -0.39 is 23.3 Å². The van der Waals surface area contributed by atoms with Crippen LogP contribution in [0.25, 0.3) is 0 Å². The number of ether oxygens (including phenoxy) is 1. The summed E-state index contributed by atoms with van der Waals surface area (Å²) in [7, 11) is 0. The highest BCUT2D eigenvalue weighted by Gasteiger charge is 2.54. The number of aliphatic carboxylic acids is 1. The molecule has 1 atom stereocenters. The van der Waals surface area contributed by atoms with Crippen LogP contribution in [0.2, 0.25) is 10.0 Å². The fraction of sp³-hybridized carbons (Fsp3) is 0.304. The molecule has 1 unspecified atom stereocenters. The number of Topliss-reactive ketones (excluding diaryl/α,β-unsaturated/α-hetero) is 1. The molecular weight excluding hydrogens is 505 g/mol. The molecule has 178 valence electrons. The van der Waals surface area contributed by atoms with Crippen molar-refractivity contribution >= 4 is 58.1 Å². The second kappa shape index (κ2) is 9.92. The summed E-state index contributed by atoms with van der Waals surface area (Å²) in [5, 5.41) is 15.8. The number of rotatable bonds is 7. The van der Waals surface area contributed by atoms with Gasteiger partial charge in [-0.05, 0) is 30.5 Å². The van der Waals surface area contributed by atoms with Gasteiger partial charge in [-0.15, -0.1) is 0 Å². The number of nitrogens with zero attached hydrogens (tertiary/aromatic N) is 1. The van der Waals surface area contributed by atoms with Crippen LogP contribution in [0.4, 0.5) is 5.69 Å². The molecule has 0 saturated carbocycles. The average Bonchev–Trinajstić information content (AvgIpc) is 2.82. The first-order valence-electron chi connectivity index (χ1n) is 10.4. The number of hydrogen-bond donors (Lipinski definition) is 3. The smallest absolute Gasteiger partial charge is 0.326 e. The van der Waals surface area contributed by atoms with Crippen molar-refractivity contribution in [1.29, 1.82) is 0 Å². The molecule has 1 amide bonds. The van der Waals surface area contributed by atoms with Crippen molar-refractivity contribution in [3.05, 3.63) is 68.6 Å². The van der Waals surface area contributed by atoms with Crippen LogP contribution in [0.1, 0.15) is 28.8 Å². The lowest BCUT2D eigenvalue weighted by atomic mass is 9.65. The van der Waals surface area contributed by atoms with E-state index in [1.165, 1.54) is 12.4 Å². The summed E-state index contributed by atoms with van der Waals surface area (Å²) < 4.78 is 5.35. The molecule has 1 aliphatic heterocycles. The Morgan fingerprint density at radius 3 is 2.29 bits per heavy atom. The number of pyridine rings is 1. The van der Waals surface area contributed by atoms with E-state index in [0.717, 1.165) is 0 Å². The molecular formula is C23H20Cl3N3O5. The lowest BCUT2D eigenvalue weighted by molar-refractivity contribution is -0.140. The highest BCUT2D eigenvalue weighted by molar-refractivity contribution is 6.47. The Hall–Kier alpha value is -2.65. The lowest BCUT2D eigenvalue weighted by Gasteiger charge is -2.45. The van der Waals surface area contributed by atoms with Crippen molar-refractivity contribution in [3.63, 3.8) is 0 Å². The number of hydrogen-bond acceptors (Lipinski definition) is 6. The van der Waals surface area contributed by atoms with Crippen molar-refractivity contribution in [1.82, 2.24) is 10.3 Å². The van der Waals surface area contributed by atoms with Gasteiger partial charge in [0.25, 0.3) is 5.91 Å². The Morgan fingerprint density at radius 1 is 1.09 bits per heavy atom. The van der Waals surface area contributed by atoms with Gasteiger partial charge in [0, 0.05) is 43.4 Å². The zero-order valence-electron chi connectivity index (χ0n) is 17.7. The van der Waals surface area contributed by atoms with Crippen LogP contribution in [0, 0.1) is 5.41 Å². The Kier molecular flexibility index (Phi) is 7.14. The van der Waals surface area contributed by atoms with Gasteiger partial charge in [0.1, 0.15) is 11.1 Å². The number of carbonyl (C=O) groups is 3. The van der Waals surface area contributed by atoms with Crippen LogP contribution in [0.3, 0.4) is 0 Å². The summed E-state index contributed by atoms with van der Waals surface area (Å²) in [4.78, 5) is 40.7. The number of benzene rings is 1. The molecule has 0 bridgehead atoms. The molecule has 34 heavy (non-hydrogen) atoms. The van der Waals surface area contributed by atoms with Crippen LogP contribution in [0.5, 0.6) is 0 Å². The maximum Gasteiger partial charge on any atom is 0.326 e. The number of amides is 1. The molecule has 1 aliphatic carbocycles. The van der Waals surface area contributed by atoms with Crippen LogP contribution in [0.15, 0.2) is 47.4 Å². The number of carbonyl (C=O) groups excluding carboxylic acids is 2. The van der Waals surface area contributed by atoms with E-state index in [0.29, 0.717) is 43.0 Å². The van der Waals surface area contributed by atoms with E-state index in [4.69, 9.17) is 39.5 Å². The van der Waals surface area contributed by atoms with Crippen molar-refractivity contribution in [2.45, 2.75) is 25.3 Å². The van der Waals surface area contributed by atoms with Crippen LogP contribution in [-0.2, 0) is 20.7 Å². The third kappa shape index (κ3) is 4.63. The zero-order valence-corrected chi connectivity index (χ0v) is 20.0. The number of anilines is 1. The Bertz CT molecular complexity index is 1160. The lowest BCUT2D eigenvalue weighted by Crippen LogP contribution is -2.54. The summed E-state index contributed by atoms with van der Waals surface area (Å²) >= 11 is 18.2. The molecule has 1 saturated heterocycles. The fourth-order valence-corrected chi connectivity index (χ4v) is 5.09. The molecule has 3 N–H and O–H groups in total. The zero-order chi connectivity index (χ0) is 24.5. The minimum atomic E-state index is -1.07. The predicted octanol–water partition coefficient (Wildman–Crippen LogP) is 4.06. The molecule has 2 aliphatic rings. The van der Waals surface area contributed by atoms with Gasteiger partial charge in [-0.1, -0.05) is 46.9 Å². The van der Waals surface area contributed by atoms with E-state index in [9.17, 15) is 19.5 Å². The van der Waals surface area contributed by atoms with Gasteiger partial charge in [0.05, 0.1) is 21.0 Å². The molecule has 11 heteroatoms. The molecule has 8 nitrogen and oxygen atoms in total. The summed E-state index contributed by atoms with van der Waals surface area (Å²) in [6, 6.07) is 5.71. The minimum absolute atomic E-state index is 0.0552. The molecule has 1 fully saturated rings. The number of carboxylic acid groups (broad SMARTS) is 1. The summed E-state index contributed by atoms with van der Waals surface area (Å²) in [5.74, 6) is -1.73. The largest absolute Gasteiger partial charge is 0.480 e. The molecule has 1 spiro atoms. The molecule has 2 heterocycles. The van der Waals surface area contributed by atoms with E-state index in [2.05, 4.69) is 15.6 Å². The SMILES string of the molecule is O=C(Nc1ccc(CC(NC2=C(Cl)C(=O)C23CCOCC3)C(=O)O)cc1)c1c(Cl)cncc1Cl. The first-order chi connectivity index (χ1) is 16.2. The molecule has 2 aromatic rings. The van der Waals surface area contributed by atoms with Crippen LogP contribution < -0.4 is 10.6 Å². The summed E-state index contributed by atoms with van der Waals surface area (Å²) in [5.41, 5.74) is 0.993. The third-order valence-electron chi connectivity index (χ3n) is 6.03. The quantitative estimate of drug-likeness (QED) is 0.500. The van der Waals surface area contributed by atoms with Gasteiger partial charge in [-0.2, -0.15) is 0 Å². The van der Waals surface area contributed by atoms with Crippen LogP contribution >= 0.6 is 34.8 Å². The number of allylic oxidation sites excluding steroid dienone is 2. The van der Waals surface area contributed by atoms with Crippen molar-refractivity contribution in [2.75, 3.05) is 18.5 Å². The predicted molar refractivity (Wildman–Crippen MR) is 127 cm³/mol. The summed E-state index contributed by atoms with van der Waals surface area (Å²) in [6.45, 7) is 0.837.